The Morgan fingerprint density at radius 1 is 1.25 bits per heavy atom. The molecule has 0 amide bonds. The third-order valence-electron chi connectivity index (χ3n) is 2.40. The molecule has 2 heterocycles. The zero-order valence-corrected chi connectivity index (χ0v) is 11.2. The van der Waals surface area contributed by atoms with Gasteiger partial charge in [-0.25, -0.2) is 0 Å². The van der Waals surface area contributed by atoms with Crippen molar-refractivity contribution in [2.75, 3.05) is 0 Å². The zero-order valence-electron chi connectivity index (χ0n) is 8.50. The van der Waals surface area contributed by atoms with Gasteiger partial charge in [0.15, 0.2) is 0 Å². The van der Waals surface area contributed by atoms with Crippen LogP contribution in [0.15, 0.2) is 0 Å². The molecule has 0 aromatic rings. The molecule has 0 aromatic heterocycles. The van der Waals surface area contributed by atoms with Gasteiger partial charge in [-0.3, -0.25) is 0 Å². The SMILES string of the molecule is CC1O[PH](O)(F)OC2C(C)O[P@@](=O)(Cl)OC12. The van der Waals surface area contributed by atoms with Gasteiger partial charge in [0, 0.05) is 0 Å². The van der Waals surface area contributed by atoms with Crippen molar-refractivity contribution in [1.82, 2.24) is 0 Å². The Balaban J connectivity index is 2.22. The molecule has 1 N–H and O–H groups in total. The van der Waals surface area contributed by atoms with Crippen molar-refractivity contribution in [2.24, 2.45) is 0 Å². The van der Waals surface area contributed by atoms with Gasteiger partial charge in [0.2, 0.25) is 0 Å². The maximum atomic E-state index is 13.3. The number of hydrogen-bond donors (Lipinski definition) is 1. The molecule has 0 aliphatic carbocycles. The van der Waals surface area contributed by atoms with Crippen molar-refractivity contribution < 1.29 is 31.8 Å². The standard InChI is InChI=1S/C6H12ClFO6P2/c1-3-6-5(13-15(7,9)11-3)4(2)12-16(8,10)14-6/h3-6,10,16H,1-2H3/t3?,4?,5?,6?,15-/m0/s1. The van der Waals surface area contributed by atoms with Crippen LogP contribution in [0.3, 0.4) is 0 Å². The fourth-order valence-corrected chi connectivity index (χ4v) is 4.88. The van der Waals surface area contributed by atoms with E-state index in [4.69, 9.17) is 29.7 Å². The summed E-state index contributed by atoms with van der Waals surface area (Å²) in [7, 11) is -4.64. The normalized spacial score (nSPS) is 54.1. The molecular formula is C6H12ClFO6P2. The molecule has 2 fully saturated rings. The van der Waals surface area contributed by atoms with Gasteiger partial charge in [0.25, 0.3) is 0 Å². The van der Waals surface area contributed by atoms with Gasteiger partial charge in [-0.1, -0.05) is 0 Å². The predicted octanol–water partition coefficient (Wildman–Crippen LogP) is 2.31. The number of halogens is 2. The second-order valence-corrected chi connectivity index (χ2v) is 7.73. The van der Waals surface area contributed by atoms with Gasteiger partial charge in [0.05, 0.1) is 0 Å². The molecule has 0 bridgehead atoms. The Kier molecular flexibility index (Phi) is 3.37. The van der Waals surface area contributed by atoms with Crippen LogP contribution in [0.25, 0.3) is 0 Å². The first-order valence-corrected chi connectivity index (χ1v) is 8.72. The van der Waals surface area contributed by atoms with Crippen LogP contribution in [0.5, 0.6) is 0 Å². The molecule has 6 nitrogen and oxygen atoms in total. The van der Waals surface area contributed by atoms with E-state index in [9.17, 15) is 8.76 Å². The quantitative estimate of drug-likeness (QED) is 0.691. The second kappa shape index (κ2) is 4.11. The first-order valence-electron chi connectivity index (χ1n) is 4.64. The zero-order chi connectivity index (χ0) is 12.1. The summed E-state index contributed by atoms with van der Waals surface area (Å²) >= 11 is 5.48. The molecule has 0 aromatic carbocycles. The number of fused-ring (bicyclic) bond motifs is 1. The van der Waals surface area contributed by atoms with Crippen LogP contribution < -0.4 is 0 Å². The molecule has 96 valence electrons. The Labute approximate surface area is 97.0 Å². The second-order valence-electron chi connectivity index (χ2n) is 3.72. The maximum absolute atomic E-state index is 13.3. The molecule has 2 saturated heterocycles. The Hall–Kier alpha value is 0.680. The van der Waals surface area contributed by atoms with E-state index in [1.807, 2.05) is 0 Å². The molecule has 0 spiro atoms. The van der Waals surface area contributed by atoms with Crippen LogP contribution in [0.2, 0.25) is 0 Å². The molecule has 2 rings (SSSR count). The molecule has 4 unspecified atom stereocenters. The van der Waals surface area contributed by atoms with E-state index in [0.717, 1.165) is 0 Å². The van der Waals surface area contributed by atoms with Crippen LogP contribution in [0.1, 0.15) is 13.8 Å². The van der Waals surface area contributed by atoms with E-state index < -0.39 is 39.6 Å². The van der Waals surface area contributed by atoms with E-state index in [2.05, 4.69) is 4.52 Å². The average molecular weight is 297 g/mol. The van der Waals surface area contributed by atoms with E-state index in [0.29, 0.717) is 0 Å². The van der Waals surface area contributed by atoms with Crippen molar-refractivity contribution in [3.05, 3.63) is 0 Å². The van der Waals surface area contributed by atoms with Crippen LogP contribution >= 0.6 is 26.4 Å². The predicted molar refractivity (Wildman–Crippen MR) is 55.9 cm³/mol. The monoisotopic (exact) mass is 296 g/mol. The molecule has 2 aliphatic heterocycles. The van der Waals surface area contributed by atoms with Crippen molar-refractivity contribution >= 4 is 26.4 Å². The van der Waals surface area contributed by atoms with Gasteiger partial charge < -0.3 is 0 Å². The van der Waals surface area contributed by atoms with Crippen LogP contribution in [-0.4, -0.2) is 29.3 Å². The van der Waals surface area contributed by atoms with E-state index in [1.54, 1.807) is 0 Å². The molecule has 5 atom stereocenters. The molecular weight excluding hydrogens is 284 g/mol. The summed E-state index contributed by atoms with van der Waals surface area (Å²) < 4.78 is 43.9. The van der Waals surface area contributed by atoms with Crippen molar-refractivity contribution in [3.63, 3.8) is 0 Å². The summed E-state index contributed by atoms with van der Waals surface area (Å²) in [4.78, 5) is 9.15. The van der Waals surface area contributed by atoms with Gasteiger partial charge in [-0.15, -0.1) is 0 Å². The molecule has 2 aliphatic rings. The number of rotatable bonds is 0. The average Bonchev–Trinajstić information content (AvgIpc) is 2.05. The minimum atomic E-state index is -4.64. The fourth-order valence-electron chi connectivity index (χ4n) is 1.76. The van der Waals surface area contributed by atoms with Gasteiger partial charge in [-0.05, 0) is 0 Å². The third kappa shape index (κ3) is 2.57. The van der Waals surface area contributed by atoms with E-state index in [-0.39, 0.29) is 0 Å². The minimum absolute atomic E-state index is 0.747. The van der Waals surface area contributed by atoms with Crippen molar-refractivity contribution in [3.8, 4) is 0 Å². The fraction of sp³-hybridized carbons (Fsp3) is 1.00. The summed E-state index contributed by atoms with van der Waals surface area (Å²) in [6, 6.07) is 0. The van der Waals surface area contributed by atoms with E-state index >= 15 is 0 Å². The van der Waals surface area contributed by atoms with Crippen LogP contribution in [0.4, 0.5) is 4.20 Å². The molecule has 0 saturated carbocycles. The summed E-state index contributed by atoms with van der Waals surface area (Å²) in [6.45, 7) is -0.697. The topological polar surface area (TPSA) is 74.2 Å². The Bertz CT molecular complexity index is 341. The van der Waals surface area contributed by atoms with Gasteiger partial charge >= 0.3 is 96.5 Å². The Morgan fingerprint density at radius 2 is 1.88 bits per heavy atom. The summed E-state index contributed by atoms with van der Waals surface area (Å²) in [5.74, 6) is 0. The van der Waals surface area contributed by atoms with Gasteiger partial charge in [0.1, 0.15) is 0 Å². The summed E-state index contributed by atoms with van der Waals surface area (Å²) in [6.07, 6.45) is -3.26. The van der Waals surface area contributed by atoms with Gasteiger partial charge in [-0.2, -0.15) is 0 Å². The first kappa shape index (κ1) is 13.1. The van der Waals surface area contributed by atoms with Crippen molar-refractivity contribution in [2.45, 2.75) is 38.3 Å². The Morgan fingerprint density at radius 3 is 2.50 bits per heavy atom. The van der Waals surface area contributed by atoms with Crippen LogP contribution in [-0.2, 0) is 22.7 Å². The van der Waals surface area contributed by atoms with Crippen LogP contribution in [0, 0.1) is 0 Å². The summed E-state index contributed by atoms with van der Waals surface area (Å²) in [5.41, 5.74) is 0. The summed E-state index contributed by atoms with van der Waals surface area (Å²) in [5, 5.41) is 0. The van der Waals surface area contributed by atoms with E-state index in [1.165, 1.54) is 13.8 Å². The first-order chi connectivity index (χ1) is 7.20. The number of hydrogen-bond acceptors (Lipinski definition) is 6. The van der Waals surface area contributed by atoms with Crippen molar-refractivity contribution in [1.29, 1.82) is 0 Å². The third-order valence-corrected chi connectivity index (χ3v) is 5.18. The molecule has 0 radical (unpaired) electrons. The molecule has 10 heteroatoms. The molecule has 16 heavy (non-hydrogen) atoms.